The van der Waals surface area contributed by atoms with Gasteiger partial charge in [0.05, 0.1) is 0 Å². The third kappa shape index (κ3) is 54.4. The van der Waals surface area contributed by atoms with E-state index in [9.17, 15) is 14.4 Å². The van der Waals surface area contributed by atoms with Crippen LogP contribution in [0.5, 0.6) is 0 Å². The molecule has 0 N–H and O–H groups in total. The molecule has 1 atom stereocenters. The Morgan fingerprint density at radius 3 is 0.836 bits per heavy atom. The zero-order valence-corrected chi connectivity index (χ0v) is 44.9. The molecular weight excluding hydrogens is 829 g/mol. The number of allylic oxidation sites excluding steroid dienone is 6. The summed E-state index contributed by atoms with van der Waals surface area (Å²) in [5, 5.41) is 0. The lowest BCUT2D eigenvalue weighted by Crippen LogP contribution is -2.30. The minimum atomic E-state index is -0.762. The predicted molar refractivity (Wildman–Crippen MR) is 289 cm³/mol. The van der Waals surface area contributed by atoms with Crippen LogP contribution in [0.4, 0.5) is 0 Å². The number of carbonyl (C=O) groups is 3. The first-order chi connectivity index (χ1) is 33.0. The summed E-state index contributed by atoms with van der Waals surface area (Å²) in [6.07, 6.45) is 67.7. The Labute approximate surface area is 416 Å². The Morgan fingerprint density at radius 2 is 0.537 bits per heavy atom. The smallest absolute Gasteiger partial charge is 0.306 e. The summed E-state index contributed by atoms with van der Waals surface area (Å²) in [7, 11) is 0. The van der Waals surface area contributed by atoms with Gasteiger partial charge in [0.2, 0.25) is 0 Å². The SMILES string of the molecule is CCCCCCC/C=C\C/C=C\C/C=C\CCCCCCCCCCCCCCCCCCCCC(=O)OCC(COC(=O)CCCCCCCC)OC(=O)CCCCCCCCCCCC. The Morgan fingerprint density at radius 1 is 0.299 bits per heavy atom. The lowest BCUT2D eigenvalue weighted by atomic mass is 10.0. The molecule has 0 aliphatic rings. The van der Waals surface area contributed by atoms with Gasteiger partial charge in [0.25, 0.3) is 0 Å². The van der Waals surface area contributed by atoms with E-state index in [2.05, 4.69) is 57.2 Å². The summed E-state index contributed by atoms with van der Waals surface area (Å²) in [6, 6.07) is 0. The highest BCUT2D eigenvalue weighted by Crippen LogP contribution is 2.17. The Kier molecular flexibility index (Phi) is 54.2. The van der Waals surface area contributed by atoms with E-state index in [0.29, 0.717) is 19.3 Å². The topological polar surface area (TPSA) is 78.9 Å². The van der Waals surface area contributed by atoms with E-state index in [1.54, 1.807) is 0 Å². The molecule has 0 radical (unpaired) electrons. The number of carbonyl (C=O) groups excluding carboxylic acids is 3. The summed E-state index contributed by atoms with van der Waals surface area (Å²) in [4.78, 5) is 37.7. The molecule has 0 saturated heterocycles. The third-order valence-corrected chi connectivity index (χ3v) is 13.1. The number of hydrogen-bond acceptors (Lipinski definition) is 6. The second-order valence-corrected chi connectivity index (χ2v) is 19.9. The minimum absolute atomic E-state index is 0.0670. The van der Waals surface area contributed by atoms with Gasteiger partial charge in [0.15, 0.2) is 6.10 Å². The zero-order chi connectivity index (χ0) is 48.6. The molecule has 0 aromatic heterocycles. The van der Waals surface area contributed by atoms with Crippen LogP contribution >= 0.6 is 0 Å². The monoisotopic (exact) mass is 941 g/mol. The molecule has 392 valence electrons. The fraction of sp³-hybridized carbons (Fsp3) is 0.852. The van der Waals surface area contributed by atoms with Crippen LogP contribution in [0.25, 0.3) is 0 Å². The number of hydrogen-bond donors (Lipinski definition) is 0. The maximum absolute atomic E-state index is 12.7. The molecule has 6 nitrogen and oxygen atoms in total. The molecule has 0 spiro atoms. The van der Waals surface area contributed by atoms with Gasteiger partial charge in [-0.2, -0.15) is 0 Å². The van der Waals surface area contributed by atoms with Gasteiger partial charge in [0, 0.05) is 19.3 Å². The zero-order valence-electron chi connectivity index (χ0n) is 44.9. The highest BCUT2D eigenvalue weighted by Gasteiger charge is 2.19. The van der Waals surface area contributed by atoms with Crippen molar-refractivity contribution in [2.24, 2.45) is 0 Å². The molecule has 6 heteroatoms. The van der Waals surface area contributed by atoms with Gasteiger partial charge < -0.3 is 14.2 Å². The van der Waals surface area contributed by atoms with Gasteiger partial charge >= 0.3 is 17.9 Å². The van der Waals surface area contributed by atoms with Crippen LogP contribution < -0.4 is 0 Å². The summed E-state index contributed by atoms with van der Waals surface area (Å²) in [5.41, 5.74) is 0. The average Bonchev–Trinajstić information content (AvgIpc) is 3.33. The number of esters is 3. The second-order valence-electron chi connectivity index (χ2n) is 19.9. The molecule has 0 heterocycles. The molecule has 0 aromatic carbocycles. The summed E-state index contributed by atoms with van der Waals surface area (Å²) in [5.74, 6) is -0.865. The number of ether oxygens (including phenoxy) is 3. The first kappa shape index (κ1) is 64.6. The van der Waals surface area contributed by atoms with Crippen molar-refractivity contribution < 1.29 is 28.6 Å². The van der Waals surface area contributed by atoms with Crippen molar-refractivity contribution in [3.63, 3.8) is 0 Å². The van der Waals surface area contributed by atoms with Gasteiger partial charge in [-0.3, -0.25) is 14.4 Å². The molecule has 0 amide bonds. The van der Waals surface area contributed by atoms with Gasteiger partial charge in [-0.1, -0.05) is 276 Å². The Bertz CT molecular complexity index is 1130. The van der Waals surface area contributed by atoms with Crippen molar-refractivity contribution in [1.82, 2.24) is 0 Å². The van der Waals surface area contributed by atoms with Crippen LogP contribution in [0.2, 0.25) is 0 Å². The fourth-order valence-corrected chi connectivity index (χ4v) is 8.69. The van der Waals surface area contributed by atoms with Crippen LogP contribution in [0.3, 0.4) is 0 Å². The number of unbranched alkanes of at least 4 members (excludes halogenated alkanes) is 37. The first-order valence-corrected chi connectivity index (χ1v) is 29.5. The minimum Gasteiger partial charge on any atom is -0.462 e. The summed E-state index contributed by atoms with van der Waals surface area (Å²) in [6.45, 7) is 6.58. The normalized spacial score (nSPS) is 12.2. The van der Waals surface area contributed by atoms with Gasteiger partial charge in [-0.05, 0) is 57.8 Å². The van der Waals surface area contributed by atoms with E-state index >= 15 is 0 Å². The van der Waals surface area contributed by atoms with E-state index < -0.39 is 6.10 Å². The van der Waals surface area contributed by atoms with Crippen LogP contribution in [0, 0.1) is 0 Å². The Hall–Kier alpha value is -2.37. The number of rotatable bonds is 54. The molecule has 0 aliphatic heterocycles. The lowest BCUT2D eigenvalue weighted by Gasteiger charge is -2.18. The average molecular weight is 942 g/mol. The molecule has 0 rings (SSSR count). The second kappa shape index (κ2) is 56.2. The van der Waals surface area contributed by atoms with E-state index in [1.807, 2.05) is 0 Å². The molecular formula is C61H112O6. The van der Waals surface area contributed by atoms with Crippen molar-refractivity contribution in [2.45, 2.75) is 322 Å². The predicted octanol–water partition coefficient (Wildman–Crippen LogP) is 19.7. The van der Waals surface area contributed by atoms with Crippen LogP contribution in [-0.4, -0.2) is 37.2 Å². The van der Waals surface area contributed by atoms with Crippen LogP contribution in [-0.2, 0) is 28.6 Å². The first-order valence-electron chi connectivity index (χ1n) is 29.5. The standard InChI is InChI=1S/C61H112O6/c1-4-7-10-13-16-18-20-21-22-23-24-25-26-27-28-29-30-31-32-33-34-35-36-37-38-39-40-41-42-44-45-48-51-54-60(63)66-57-58(56-65-59(62)53-50-47-15-12-9-6-3)67-61(64)55-52-49-46-43-19-17-14-11-8-5-2/h20-21,23-24,26-27,58H,4-19,22,25,28-57H2,1-3H3/b21-20-,24-23-,27-26-. The molecule has 0 aliphatic carbocycles. The van der Waals surface area contributed by atoms with Crippen molar-refractivity contribution in [1.29, 1.82) is 0 Å². The molecule has 1 unspecified atom stereocenters. The Balaban J connectivity index is 3.87. The van der Waals surface area contributed by atoms with E-state index in [4.69, 9.17) is 14.2 Å². The maximum Gasteiger partial charge on any atom is 0.306 e. The summed E-state index contributed by atoms with van der Waals surface area (Å²) < 4.78 is 16.7. The fourth-order valence-electron chi connectivity index (χ4n) is 8.69. The van der Waals surface area contributed by atoms with Gasteiger partial charge in [-0.15, -0.1) is 0 Å². The molecule has 0 bridgehead atoms. The molecule has 0 fully saturated rings. The van der Waals surface area contributed by atoms with Crippen molar-refractivity contribution in [3.8, 4) is 0 Å². The van der Waals surface area contributed by atoms with Crippen molar-refractivity contribution >= 4 is 17.9 Å². The quantitative estimate of drug-likeness (QED) is 0.0262. The maximum atomic E-state index is 12.7. The summed E-state index contributed by atoms with van der Waals surface area (Å²) >= 11 is 0. The van der Waals surface area contributed by atoms with Gasteiger partial charge in [0.1, 0.15) is 13.2 Å². The lowest BCUT2D eigenvalue weighted by molar-refractivity contribution is -0.167. The molecule has 0 saturated carbocycles. The molecule has 0 aromatic rings. The van der Waals surface area contributed by atoms with E-state index in [0.717, 1.165) is 70.6 Å². The largest absolute Gasteiger partial charge is 0.462 e. The highest BCUT2D eigenvalue weighted by molar-refractivity contribution is 5.71. The van der Waals surface area contributed by atoms with Crippen molar-refractivity contribution in [2.75, 3.05) is 13.2 Å². The van der Waals surface area contributed by atoms with Crippen LogP contribution in [0.15, 0.2) is 36.5 Å². The van der Waals surface area contributed by atoms with Crippen molar-refractivity contribution in [3.05, 3.63) is 36.5 Å². The molecule has 67 heavy (non-hydrogen) atoms. The van der Waals surface area contributed by atoms with E-state index in [-0.39, 0.29) is 31.1 Å². The van der Waals surface area contributed by atoms with E-state index in [1.165, 1.54) is 205 Å². The van der Waals surface area contributed by atoms with Gasteiger partial charge in [-0.25, -0.2) is 0 Å². The van der Waals surface area contributed by atoms with Crippen LogP contribution in [0.1, 0.15) is 316 Å². The highest BCUT2D eigenvalue weighted by atomic mass is 16.6. The third-order valence-electron chi connectivity index (χ3n) is 13.1.